The quantitative estimate of drug-likeness (QED) is 0.720. The Bertz CT molecular complexity index is 895. The van der Waals surface area contributed by atoms with Crippen LogP contribution in [0.25, 0.3) is 0 Å². The van der Waals surface area contributed by atoms with Crippen LogP contribution in [-0.4, -0.2) is 43.5 Å². The Morgan fingerprint density at radius 3 is 2.39 bits per heavy atom. The molecule has 1 aliphatic carbocycles. The molecule has 3 unspecified atom stereocenters. The number of hydrogen-bond acceptors (Lipinski definition) is 5. The summed E-state index contributed by atoms with van der Waals surface area (Å²) in [4.78, 5) is 2.30. The molecule has 2 fully saturated rings. The Hall–Kier alpha value is -2.31. The monoisotopic (exact) mass is 429 g/mol. The zero-order valence-corrected chi connectivity index (χ0v) is 18.6. The highest BCUT2D eigenvalue weighted by molar-refractivity contribution is 5.54. The summed E-state index contributed by atoms with van der Waals surface area (Å²) in [6.45, 7) is 1.18. The number of fused-ring (bicyclic) bond motifs is 1. The van der Waals surface area contributed by atoms with E-state index in [1.54, 1.807) is 27.4 Å². The van der Waals surface area contributed by atoms with E-state index in [9.17, 15) is 9.50 Å². The Labute approximate surface area is 183 Å². The van der Waals surface area contributed by atoms with Crippen LogP contribution in [-0.2, 0) is 6.54 Å². The van der Waals surface area contributed by atoms with Crippen molar-refractivity contribution in [1.29, 1.82) is 0 Å². The second kappa shape index (κ2) is 9.05. The number of methoxy groups -OCH3 is 3. The smallest absolute Gasteiger partial charge is 0.203 e. The molecule has 168 valence electrons. The minimum Gasteiger partial charge on any atom is -0.493 e. The number of aliphatic hydroxyl groups is 1. The van der Waals surface area contributed by atoms with Gasteiger partial charge in [0.1, 0.15) is 5.82 Å². The molecule has 0 bridgehead atoms. The molecular formula is C25H32FNO4. The van der Waals surface area contributed by atoms with Crippen molar-refractivity contribution in [3.05, 3.63) is 53.3 Å². The van der Waals surface area contributed by atoms with Crippen LogP contribution in [0.15, 0.2) is 36.4 Å². The fourth-order valence-electron chi connectivity index (χ4n) is 5.48. The van der Waals surface area contributed by atoms with Gasteiger partial charge in [0.2, 0.25) is 5.75 Å². The van der Waals surface area contributed by atoms with Crippen LogP contribution >= 0.6 is 0 Å². The van der Waals surface area contributed by atoms with Crippen LogP contribution in [0, 0.1) is 11.7 Å². The molecule has 2 aliphatic rings. The first kappa shape index (κ1) is 21.9. The Kier molecular flexibility index (Phi) is 6.39. The predicted molar refractivity (Wildman–Crippen MR) is 117 cm³/mol. The lowest BCUT2D eigenvalue weighted by atomic mass is 9.66. The van der Waals surface area contributed by atoms with Gasteiger partial charge in [-0.05, 0) is 43.0 Å². The van der Waals surface area contributed by atoms with E-state index >= 15 is 0 Å². The van der Waals surface area contributed by atoms with E-state index in [0.717, 1.165) is 31.2 Å². The van der Waals surface area contributed by atoms with Gasteiger partial charge in [0.05, 0.1) is 26.9 Å². The summed E-state index contributed by atoms with van der Waals surface area (Å²) >= 11 is 0. The second-order valence-electron chi connectivity index (χ2n) is 8.67. The van der Waals surface area contributed by atoms with Crippen molar-refractivity contribution in [2.45, 2.75) is 50.3 Å². The zero-order valence-electron chi connectivity index (χ0n) is 18.6. The molecule has 1 N–H and O–H groups in total. The summed E-state index contributed by atoms with van der Waals surface area (Å²) in [6, 6.07) is 10.8. The van der Waals surface area contributed by atoms with Crippen LogP contribution in [0.2, 0.25) is 0 Å². The largest absolute Gasteiger partial charge is 0.493 e. The molecular weight excluding hydrogens is 397 g/mol. The third-order valence-electron chi connectivity index (χ3n) is 7.03. The number of likely N-dealkylation sites (tertiary alicyclic amines) is 1. The standard InChI is InChI=1S/C25H32FNO4/c1-29-21-14-18(15-22(30-2)24(21)31-3)23-19-9-6-7-11-25(19,28)12-13-27(23)16-17-8-4-5-10-20(17)26/h4-5,8,10,14-15,19,23,28H,6-7,9,11-13,16H2,1-3H3. The molecule has 1 heterocycles. The fraction of sp³-hybridized carbons (Fsp3) is 0.520. The summed E-state index contributed by atoms with van der Waals surface area (Å²) in [7, 11) is 4.80. The van der Waals surface area contributed by atoms with Gasteiger partial charge in [0, 0.05) is 30.6 Å². The molecule has 1 saturated heterocycles. The zero-order chi connectivity index (χ0) is 22.0. The van der Waals surface area contributed by atoms with Crippen molar-refractivity contribution >= 4 is 0 Å². The molecule has 4 rings (SSSR count). The molecule has 0 aromatic heterocycles. The highest BCUT2D eigenvalue weighted by atomic mass is 19.1. The van der Waals surface area contributed by atoms with E-state index in [-0.39, 0.29) is 17.8 Å². The summed E-state index contributed by atoms with van der Waals surface area (Å²) in [5.41, 5.74) is 0.965. The number of piperidine rings is 1. The third kappa shape index (κ3) is 4.11. The van der Waals surface area contributed by atoms with Crippen LogP contribution in [0.3, 0.4) is 0 Å². The van der Waals surface area contributed by atoms with Gasteiger partial charge < -0.3 is 19.3 Å². The number of hydrogen-bond donors (Lipinski definition) is 1. The summed E-state index contributed by atoms with van der Waals surface area (Å²) in [5, 5.41) is 11.5. The van der Waals surface area contributed by atoms with E-state index in [1.165, 1.54) is 6.07 Å². The number of rotatable bonds is 6. The second-order valence-corrected chi connectivity index (χ2v) is 8.67. The molecule has 0 spiro atoms. The van der Waals surface area contributed by atoms with Crippen molar-refractivity contribution in [1.82, 2.24) is 4.90 Å². The van der Waals surface area contributed by atoms with E-state index in [0.29, 0.717) is 42.3 Å². The Morgan fingerprint density at radius 1 is 1.03 bits per heavy atom. The molecule has 2 aromatic rings. The van der Waals surface area contributed by atoms with Crippen LogP contribution < -0.4 is 14.2 Å². The van der Waals surface area contributed by atoms with E-state index in [2.05, 4.69) is 4.90 Å². The van der Waals surface area contributed by atoms with Gasteiger partial charge in [-0.2, -0.15) is 0 Å². The lowest BCUT2D eigenvalue weighted by Crippen LogP contribution is -2.54. The SMILES string of the molecule is COc1cc(C2C3CCCCC3(O)CCN2Cc2ccccc2F)cc(OC)c1OC. The van der Waals surface area contributed by atoms with Crippen molar-refractivity contribution in [3.63, 3.8) is 0 Å². The molecule has 1 aliphatic heterocycles. The van der Waals surface area contributed by atoms with E-state index in [1.807, 2.05) is 24.3 Å². The normalized spacial score (nSPS) is 26.2. The van der Waals surface area contributed by atoms with Crippen molar-refractivity contribution in [3.8, 4) is 17.2 Å². The maximum Gasteiger partial charge on any atom is 0.203 e. The average molecular weight is 430 g/mol. The number of benzene rings is 2. The van der Waals surface area contributed by atoms with Crippen LogP contribution in [0.4, 0.5) is 4.39 Å². The van der Waals surface area contributed by atoms with Gasteiger partial charge in [0.15, 0.2) is 11.5 Å². The number of halogens is 1. The number of nitrogens with zero attached hydrogens (tertiary/aromatic N) is 1. The van der Waals surface area contributed by atoms with Crippen molar-refractivity contribution in [2.75, 3.05) is 27.9 Å². The van der Waals surface area contributed by atoms with Gasteiger partial charge in [-0.15, -0.1) is 0 Å². The fourth-order valence-corrected chi connectivity index (χ4v) is 5.48. The lowest BCUT2D eigenvalue weighted by Gasteiger charge is -2.53. The minimum absolute atomic E-state index is 0.0598. The summed E-state index contributed by atoms with van der Waals surface area (Å²) in [5.74, 6) is 1.59. The topological polar surface area (TPSA) is 51.2 Å². The maximum atomic E-state index is 14.5. The predicted octanol–water partition coefficient (Wildman–Crippen LogP) is 4.72. The van der Waals surface area contributed by atoms with E-state index in [4.69, 9.17) is 14.2 Å². The van der Waals surface area contributed by atoms with Crippen molar-refractivity contribution in [2.24, 2.45) is 5.92 Å². The summed E-state index contributed by atoms with van der Waals surface area (Å²) < 4.78 is 31.2. The first-order valence-corrected chi connectivity index (χ1v) is 11.0. The molecule has 31 heavy (non-hydrogen) atoms. The van der Waals surface area contributed by atoms with Gasteiger partial charge in [-0.3, -0.25) is 4.90 Å². The van der Waals surface area contributed by atoms with E-state index < -0.39 is 5.60 Å². The molecule has 0 radical (unpaired) electrons. The maximum absolute atomic E-state index is 14.5. The minimum atomic E-state index is -0.699. The highest BCUT2D eigenvalue weighted by Gasteiger charge is 2.49. The number of ether oxygens (including phenoxy) is 3. The summed E-state index contributed by atoms with van der Waals surface area (Å²) in [6.07, 6.45) is 4.58. The Balaban J connectivity index is 1.79. The molecule has 2 aromatic carbocycles. The molecule has 5 nitrogen and oxygen atoms in total. The van der Waals surface area contributed by atoms with Crippen LogP contribution in [0.1, 0.15) is 49.3 Å². The average Bonchev–Trinajstić information content (AvgIpc) is 2.79. The first-order chi connectivity index (χ1) is 15.0. The molecule has 1 saturated carbocycles. The van der Waals surface area contributed by atoms with Gasteiger partial charge in [0.25, 0.3) is 0 Å². The Morgan fingerprint density at radius 2 is 1.74 bits per heavy atom. The van der Waals surface area contributed by atoms with Gasteiger partial charge in [-0.25, -0.2) is 4.39 Å². The third-order valence-corrected chi connectivity index (χ3v) is 7.03. The molecule has 6 heteroatoms. The molecule has 3 atom stereocenters. The van der Waals surface area contributed by atoms with Gasteiger partial charge in [-0.1, -0.05) is 31.0 Å². The lowest BCUT2D eigenvalue weighted by molar-refractivity contribution is -0.126. The van der Waals surface area contributed by atoms with Crippen molar-refractivity contribution < 1.29 is 23.7 Å². The highest BCUT2D eigenvalue weighted by Crippen LogP contribution is 2.51. The van der Waals surface area contributed by atoms with Gasteiger partial charge >= 0.3 is 0 Å². The van der Waals surface area contributed by atoms with Crippen LogP contribution in [0.5, 0.6) is 17.2 Å². The molecule has 0 amide bonds. The first-order valence-electron chi connectivity index (χ1n) is 11.0.